The third-order valence-electron chi connectivity index (χ3n) is 2.51. The van der Waals surface area contributed by atoms with Crippen LogP contribution in [0.1, 0.15) is 12.0 Å². The summed E-state index contributed by atoms with van der Waals surface area (Å²) in [5.41, 5.74) is 0.852. The SMILES string of the molecule is C=CCOC[C@H](CC(=O)O)NC(=O)OCc1ccccc1. The number of rotatable bonds is 9. The first-order valence-electron chi connectivity index (χ1n) is 6.49. The van der Waals surface area contributed by atoms with Crippen molar-refractivity contribution < 1.29 is 24.2 Å². The second-order valence-corrected chi connectivity index (χ2v) is 4.33. The first-order valence-corrected chi connectivity index (χ1v) is 6.49. The van der Waals surface area contributed by atoms with Crippen molar-refractivity contribution in [3.05, 3.63) is 48.6 Å². The Balaban J connectivity index is 2.39. The number of carbonyl (C=O) groups is 2. The van der Waals surface area contributed by atoms with Gasteiger partial charge >= 0.3 is 12.1 Å². The molecule has 0 unspecified atom stereocenters. The zero-order valence-corrected chi connectivity index (χ0v) is 11.7. The number of ether oxygens (including phenoxy) is 2. The normalized spacial score (nSPS) is 11.4. The van der Waals surface area contributed by atoms with E-state index in [1.807, 2.05) is 30.3 Å². The highest BCUT2D eigenvalue weighted by molar-refractivity contribution is 5.71. The molecule has 0 aliphatic heterocycles. The second kappa shape index (κ2) is 9.55. The van der Waals surface area contributed by atoms with Crippen molar-refractivity contribution in [2.75, 3.05) is 13.2 Å². The minimum atomic E-state index is -1.02. The van der Waals surface area contributed by atoms with Crippen molar-refractivity contribution in [3.63, 3.8) is 0 Å². The lowest BCUT2D eigenvalue weighted by Crippen LogP contribution is -2.40. The lowest BCUT2D eigenvalue weighted by Gasteiger charge is -2.16. The molecule has 1 amide bonds. The zero-order valence-electron chi connectivity index (χ0n) is 11.7. The van der Waals surface area contributed by atoms with Gasteiger partial charge in [0.25, 0.3) is 0 Å². The van der Waals surface area contributed by atoms with Crippen LogP contribution in [0.4, 0.5) is 4.79 Å². The van der Waals surface area contributed by atoms with E-state index in [1.54, 1.807) is 6.08 Å². The van der Waals surface area contributed by atoms with Gasteiger partial charge in [-0.2, -0.15) is 0 Å². The van der Waals surface area contributed by atoms with Gasteiger partial charge < -0.3 is 19.9 Å². The van der Waals surface area contributed by atoms with Crippen LogP contribution in [0, 0.1) is 0 Å². The van der Waals surface area contributed by atoms with E-state index in [2.05, 4.69) is 11.9 Å². The summed E-state index contributed by atoms with van der Waals surface area (Å²) in [5.74, 6) is -1.02. The molecule has 2 N–H and O–H groups in total. The van der Waals surface area contributed by atoms with Crippen LogP contribution in [0.25, 0.3) is 0 Å². The number of alkyl carbamates (subject to hydrolysis) is 1. The van der Waals surface area contributed by atoms with Gasteiger partial charge in [-0.3, -0.25) is 4.79 Å². The van der Waals surface area contributed by atoms with Crippen LogP contribution in [-0.4, -0.2) is 36.4 Å². The standard InChI is InChI=1S/C15H19NO5/c1-2-8-20-11-13(9-14(17)18)16-15(19)21-10-12-6-4-3-5-7-12/h2-7,13H,1,8-11H2,(H,16,19)(H,17,18)/t13-/m0/s1. The molecule has 1 aromatic rings. The maximum atomic E-state index is 11.6. The number of aliphatic carboxylic acids is 1. The van der Waals surface area contributed by atoms with Crippen molar-refractivity contribution >= 4 is 12.1 Å². The van der Waals surface area contributed by atoms with E-state index in [0.717, 1.165) is 5.56 Å². The van der Waals surface area contributed by atoms with E-state index >= 15 is 0 Å². The molecule has 0 aliphatic rings. The van der Waals surface area contributed by atoms with Gasteiger partial charge in [0.15, 0.2) is 0 Å². The van der Waals surface area contributed by atoms with Crippen LogP contribution in [-0.2, 0) is 20.9 Å². The topological polar surface area (TPSA) is 84.9 Å². The number of benzene rings is 1. The van der Waals surface area contributed by atoms with Gasteiger partial charge in [-0.25, -0.2) is 4.79 Å². The van der Waals surface area contributed by atoms with Gasteiger partial charge in [0.05, 0.1) is 25.7 Å². The van der Waals surface area contributed by atoms with Crippen LogP contribution in [0.15, 0.2) is 43.0 Å². The number of amides is 1. The number of nitrogens with one attached hydrogen (secondary N) is 1. The van der Waals surface area contributed by atoms with Gasteiger partial charge in [0.1, 0.15) is 6.61 Å². The number of carbonyl (C=O) groups excluding carboxylic acids is 1. The molecule has 21 heavy (non-hydrogen) atoms. The molecule has 1 atom stereocenters. The Kier molecular flexibility index (Phi) is 7.60. The van der Waals surface area contributed by atoms with Gasteiger partial charge in [-0.1, -0.05) is 36.4 Å². The van der Waals surface area contributed by atoms with Gasteiger partial charge in [-0.15, -0.1) is 6.58 Å². The van der Waals surface area contributed by atoms with E-state index < -0.39 is 18.1 Å². The molecule has 0 fully saturated rings. The fourth-order valence-electron chi connectivity index (χ4n) is 1.59. The minimum absolute atomic E-state index is 0.0821. The summed E-state index contributed by atoms with van der Waals surface area (Å²) in [7, 11) is 0. The molecule has 0 saturated heterocycles. The van der Waals surface area contributed by atoms with Gasteiger partial charge in [0.2, 0.25) is 0 Å². The summed E-state index contributed by atoms with van der Waals surface area (Å²) >= 11 is 0. The fourth-order valence-corrected chi connectivity index (χ4v) is 1.59. The first-order chi connectivity index (χ1) is 10.1. The molecule has 6 nitrogen and oxygen atoms in total. The summed E-state index contributed by atoms with van der Waals surface area (Å²) in [5, 5.41) is 11.3. The molecular formula is C15H19NO5. The lowest BCUT2D eigenvalue weighted by atomic mass is 10.2. The predicted octanol–water partition coefficient (Wildman–Crippen LogP) is 1.96. The van der Waals surface area contributed by atoms with Crippen molar-refractivity contribution in [2.24, 2.45) is 0 Å². The molecule has 0 aliphatic carbocycles. The average Bonchev–Trinajstić information content (AvgIpc) is 2.46. The summed E-state index contributed by atoms with van der Waals surface area (Å²) in [4.78, 5) is 22.4. The molecule has 0 aromatic heterocycles. The first kappa shape index (κ1) is 16.7. The van der Waals surface area contributed by atoms with Crippen LogP contribution in [0.2, 0.25) is 0 Å². The summed E-state index contributed by atoms with van der Waals surface area (Å²) in [6.45, 7) is 3.98. The zero-order chi connectivity index (χ0) is 15.5. The highest BCUT2D eigenvalue weighted by atomic mass is 16.5. The number of carboxylic acid groups (broad SMARTS) is 1. The Labute approximate surface area is 123 Å². The molecule has 6 heteroatoms. The Bertz CT molecular complexity index is 460. The third kappa shape index (κ3) is 7.74. The highest BCUT2D eigenvalue weighted by Gasteiger charge is 2.17. The van der Waals surface area contributed by atoms with Gasteiger partial charge in [0, 0.05) is 0 Å². The third-order valence-corrected chi connectivity index (χ3v) is 2.51. The highest BCUT2D eigenvalue weighted by Crippen LogP contribution is 2.01. The van der Waals surface area contributed by atoms with Crippen molar-refractivity contribution in [1.82, 2.24) is 5.32 Å². The maximum absolute atomic E-state index is 11.6. The molecule has 0 saturated carbocycles. The van der Waals surface area contributed by atoms with E-state index in [0.29, 0.717) is 0 Å². The molecular weight excluding hydrogens is 274 g/mol. The number of carboxylic acids is 1. The minimum Gasteiger partial charge on any atom is -0.481 e. The monoisotopic (exact) mass is 293 g/mol. The van der Waals surface area contributed by atoms with Crippen molar-refractivity contribution in [2.45, 2.75) is 19.1 Å². The predicted molar refractivity (Wildman–Crippen MR) is 76.8 cm³/mol. The van der Waals surface area contributed by atoms with E-state index in [4.69, 9.17) is 14.6 Å². The molecule has 0 heterocycles. The summed E-state index contributed by atoms with van der Waals surface area (Å²) < 4.78 is 10.2. The number of hydrogen-bond donors (Lipinski definition) is 2. The van der Waals surface area contributed by atoms with E-state index in [-0.39, 0.29) is 26.2 Å². The van der Waals surface area contributed by atoms with Crippen LogP contribution < -0.4 is 5.32 Å². The quantitative estimate of drug-likeness (QED) is 0.537. The smallest absolute Gasteiger partial charge is 0.407 e. The largest absolute Gasteiger partial charge is 0.481 e. The summed E-state index contributed by atoms with van der Waals surface area (Å²) in [6.07, 6.45) is 0.635. The molecule has 1 aromatic carbocycles. The molecule has 1 rings (SSSR count). The van der Waals surface area contributed by atoms with E-state index in [1.165, 1.54) is 0 Å². The molecule has 0 spiro atoms. The Morgan fingerprint density at radius 2 is 2.05 bits per heavy atom. The lowest BCUT2D eigenvalue weighted by molar-refractivity contribution is -0.137. The fraction of sp³-hybridized carbons (Fsp3) is 0.333. The number of hydrogen-bond acceptors (Lipinski definition) is 4. The summed E-state index contributed by atoms with van der Waals surface area (Å²) in [6, 6.07) is 8.55. The maximum Gasteiger partial charge on any atom is 0.407 e. The van der Waals surface area contributed by atoms with Crippen LogP contribution in [0.3, 0.4) is 0 Å². The average molecular weight is 293 g/mol. The van der Waals surface area contributed by atoms with Crippen molar-refractivity contribution in [3.8, 4) is 0 Å². The second-order valence-electron chi connectivity index (χ2n) is 4.33. The van der Waals surface area contributed by atoms with Crippen LogP contribution in [0.5, 0.6) is 0 Å². The molecule has 0 bridgehead atoms. The van der Waals surface area contributed by atoms with Gasteiger partial charge in [-0.05, 0) is 5.56 Å². The Morgan fingerprint density at radius 3 is 2.67 bits per heavy atom. The Hall–Kier alpha value is -2.34. The Morgan fingerprint density at radius 1 is 1.33 bits per heavy atom. The molecule has 0 radical (unpaired) electrons. The molecule has 114 valence electrons. The van der Waals surface area contributed by atoms with Crippen LogP contribution >= 0.6 is 0 Å². The van der Waals surface area contributed by atoms with Crippen molar-refractivity contribution in [1.29, 1.82) is 0 Å². The van der Waals surface area contributed by atoms with E-state index in [9.17, 15) is 9.59 Å².